The van der Waals surface area contributed by atoms with Gasteiger partial charge >= 0.3 is 0 Å². The third-order valence-corrected chi connectivity index (χ3v) is 3.70. The molecular weight excluding hydrogens is 332 g/mol. The lowest BCUT2D eigenvalue weighted by molar-refractivity contribution is -0.122. The Kier molecular flexibility index (Phi) is 5.81. The molecule has 0 radical (unpaired) electrons. The van der Waals surface area contributed by atoms with E-state index in [0.717, 1.165) is 4.90 Å². The van der Waals surface area contributed by atoms with Crippen molar-refractivity contribution in [2.45, 2.75) is 0 Å². The van der Waals surface area contributed by atoms with Crippen LogP contribution in [0.5, 0.6) is 17.2 Å². The molecule has 1 N–H and O–H groups in total. The van der Waals surface area contributed by atoms with Crippen LogP contribution in [0, 0.1) is 0 Å². The molecule has 1 aliphatic rings. The lowest BCUT2D eigenvalue weighted by atomic mass is 10.1. The average Bonchev–Trinajstić information content (AvgIpc) is 2.84. The number of amides is 2. The minimum Gasteiger partial charge on any atom is -0.493 e. The molecule has 136 valence electrons. The van der Waals surface area contributed by atoms with Crippen molar-refractivity contribution < 1.29 is 33.3 Å². The summed E-state index contributed by atoms with van der Waals surface area (Å²) < 4.78 is 20.6. The lowest BCUT2D eigenvalue weighted by Crippen LogP contribution is -2.41. The molecule has 0 aromatic heterocycles. The summed E-state index contributed by atoms with van der Waals surface area (Å²) >= 11 is 0. The predicted octanol–water partition coefficient (Wildman–Crippen LogP) is 0.00430. The highest BCUT2D eigenvalue weighted by molar-refractivity contribution is 6.53. The maximum Gasteiger partial charge on any atom is 0.300 e. The monoisotopic (exact) mass is 352 g/mol. The van der Waals surface area contributed by atoms with Gasteiger partial charge in [0.2, 0.25) is 11.7 Å². The number of nitrogens with zero attached hydrogens (tertiary/aromatic N) is 1. The molecule has 0 spiro atoms. The van der Waals surface area contributed by atoms with Gasteiger partial charge in [-0.15, -0.1) is 0 Å². The molecule has 0 saturated heterocycles. The molecule has 0 fully saturated rings. The quantitative estimate of drug-likeness (QED) is 0.519. The molecule has 9 nitrogen and oxygen atoms in total. The van der Waals surface area contributed by atoms with Crippen molar-refractivity contribution in [3.63, 3.8) is 0 Å². The zero-order valence-corrected chi connectivity index (χ0v) is 14.5. The molecule has 1 aromatic rings. The van der Waals surface area contributed by atoms with Crippen LogP contribution in [0.2, 0.25) is 0 Å². The second-order valence-electron chi connectivity index (χ2n) is 5.10. The molecular formula is C16H20N2O7. The normalized spacial score (nSPS) is 12.9. The molecule has 0 atom stereocenters. The van der Waals surface area contributed by atoms with Gasteiger partial charge in [0.1, 0.15) is 6.54 Å². The number of benzene rings is 1. The number of carbonyl (C=O) groups excluding carboxylic acids is 3. The summed E-state index contributed by atoms with van der Waals surface area (Å²) in [5.41, 5.74) is 0.293. The summed E-state index contributed by atoms with van der Waals surface area (Å²) in [4.78, 5) is 37.8. The first-order chi connectivity index (χ1) is 12.0. The molecule has 0 saturated carbocycles. The van der Waals surface area contributed by atoms with Crippen LogP contribution in [0.1, 0.15) is 10.4 Å². The van der Waals surface area contributed by atoms with Gasteiger partial charge in [-0.1, -0.05) is 0 Å². The summed E-state index contributed by atoms with van der Waals surface area (Å²) in [7, 11) is 5.69. The Bertz CT molecular complexity index is 702. The maximum absolute atomic E-state index is 12.4. The van der Waals surface area contributed by atoms with E-state index in [0.29, 0.717) is 13.2 Å². The van der Waals surface area contributed by atoms with Gasteiger partial charge in [-0.2, -0.15) is 0 Å². The third kappa shape index (κ3) is 3.36. The fraction of sp³-hybridized carbons (Fsp3) is 0.438. The van der Waals surface area contributed by atoms with Crippen LogP contribution in [0.4, 0.5) is 5.69 Å². The van der Waals surface area contributed by atoms with E-state index in [1.165, 1.54) is 34.5 Å². The van der Waals surface area contributed by atoms with E-state index in [2.05, 4.69) is 5.32 Å². The zero-order valence-electron chi connectivity index (χ0n) is 14.5. The van der Waals surface area contributed by atoms with E-state index in [4.69, 9.17) is 18.9 Å². The van der Waals surface area contributed by atoms with Crippen molar-refractivity contribution in [3.05, 3.63) is 11.6 Å². The van der Waals surface area contributed by atoms with E-state index in [1.807, 2.05) is 0 Å². The minimum absolute atomic E-state index is 0.0508. The van der Waals surface area contributed by atoms with Gasteiger partial charge in [-0.25, -0.2) is 0 Å². The number of ketones is 1. The van der Waals surface area contributed by atoms with Crippen molar-refractivity contribution in [1.82, 2.24) is 5.32 Å². The molecule has 2 rings (SSSR count). The summed E-state index contributed by atoms with van der Waals surface area (Å²) in [6.45, 7) is 0.335. The van der Waals surface area contributed by atoms with E-state index in [1.54, 1.807) is 0 Å². The SMILES string of the molecule is COCCNC(=O)CN1C(=O)C(=O)c2c1cc(OC)c(OC)c2OC. The number of nitrogens with one attached hydrogen (secondary N) is 1. The van der Waals surface area contributed by atoms with Crippen molar-refractivity contribution in [2.75, 3.05) is 53.0 Å². The number of ether oxygens (including phenoxy) is 4. The molecule has 1 heterocycles. The lowest BCUT2D eigenvalue weighted by Gasteiger charge is -2.19. The Labute approximate surface area is 144 Å². The molecule has 2 amide bonds. The summed E-state index contributed by atoms with van der Waals surface area (Å²) in [5.74, 6) is -1.41. The highest BCUT2D eigenvalue weighted by Crippen LogP contribution is 2.47. The second kappa shape index (κ2) is 7.84. The Morgan fingerprint density at radius 2 is 1.76 bits per heavy atom. The molecule has 1 aromatic carbocycles. The standard InChI is InChI=1S/C16H20N2O7/c1-22-6-5-17-11(19)8-18-9-7-10(23-2)14(24-3)15(25-4)12(9)13(20)16(18)21/h7H,5-6,8H2,1-4H3,(H,17,19). The number of fused-ring (bicyclic) bond motifs is 1. The van der Waals surface area contributed by atoms with Gasteiger partial charge in [0.25, 0.3) is 11.7 Å². The smallest absolute Gasteiger partial charge is 0.300 e. The van der Waals surface area contributed by atoms with Crippen LogP contribution < -0.4 is 24.4 Å². The van der Waals surface area contributed by atoms with Gasteiger partial charge in [-0.3, -0.25) is 19.3 Å². The molecule has 9 heteroatoms. The highest BCUT2D eigenvalue weighted by Gasteiger charge is 2.41. The number of Topliss-reactive ketones (excluding diaryl/α,β-unsaturated/α-hetero) is 1. The van der Waals surface area contributed by atoms with Crippen molar-refractivity contribution in [1.29, 1.82) is 0 Å². The third-order valence-electron chi connectivity index (χ3n) is 3.70. The van der Waals surface area contributed by atoms with Crippen molar-refractivity contribution in [3.8, 4) is 17.2 Å². The fourth-order valence-electron chi connectivity index (χ4n) is 2.56. The van der Waals surface area contributed by atoms with Crippen molar-refractivity contribution in [2.24, 2.45) is 0 Å². The van der Waals surface area contributed by atoms with Gasteiger partial charge in [0.15, 0.2) is 11.5 Å². The van der Waals surface area contributed by atoms with E-state index >= 15 is 0 Å². The summed E-state index contributed by atoms with van der Waals surface area (Å²) in [6, 6.07) is 1.47. The van der Waals surface area contributed by atoms with Crippen LogP contribution in [0.25, 0.3) is 0 Å². The minimum atomic E-state index is -0.814. The molecule has 0 unspecified atom stereocenters. The topological polar surface area (TPSA) is 103 Å². The first-order valence-corrected chi connectivity index (χ1v) is 7.44. The Morgan fingerprint density at radius 1 is 1.08 bits per heavy atom. The molecule has 0 aliphatic carbocycles. The van der Waals surface area contributed by atoms with Gasteiger partial charge < -0.3 is 24.3 Å². The Hall–Kier alpha value is -2.81. The predicted molar refractivity (Wildman–Crippen MR) is 87.7 cm³/mol. The summed E-state index contributed by atoms with van der Waals surface area (Å²) in [5, 5.41) is 2.60. The van der Waals surface area contributed by atoms with Crippen LogP contribution in [-0.4, -0.2) is 65.7 Å². The number of anilines is 1. The van der Waals surface area contributed by atoms with Crippen LogP contribution in [0.3, 0.4) is 0 Å². The first-order valence-electron chi connectivity index (χ1n) is 7.44. The largest absolute Gasteiger partial charge is 0.493 e. The van der Waals surface area contributed by atoms with Crippen molar-refractivity contribution >= 4 is 23.3 Å². The van der Waals surface area contributed by atoms with Gasteiger partial charge in [0.05, 0.1) is 39.2 Å². The number of rotatable bonds is 8. The average molecular weight is 352 g/mol. The molecule has 0 bridgehead atoms. The number of methoxy groups -OCH3 is 4. The maximum atomic E-state index is 12.4. The number of hydrogen-bond acceptors (Lipinski definition) is 7. The van der Waals surface area contributed by atoms with Crippen LogP contribution in [0.15, 0.2) is 6.07 Å². The van der Waals surface area contributed by atoms with Crippen LogP contribution in [-0.2, 0) is 14.3 Å². The highest BCUT2D eigenvalue weighted by atomic mass is 16.5. The van der Waals surface area contributed by atoms with E-state index < -0.39 is 17.6 Å². The van der Waals surface area contributed by atoms with Gasteiger partial charge in [-0.05, 0) is 0 Å². The summed E-state index contributed by atoms with van der Waals surface area (Å²) in [6.07, 6.45) is 0. The zero-order chi connectivity index (χ0) is 18.6. The van der Waals surface area contributed by atoms with E-state index in [-0.39, 0.29) is 35.0 Å². The molecule has 1 aliphatic heterocycles. The molecule has 25 heavy (non-hydrogen) atoms. The Morgan fingerprint density at radius 3 is 2.32 bits per heavy atom. The second-order valence-corrected chi connectivity index (χ2v) is 5.10. The van der Waals surface area contributed by atoms with E-state index in [9.17, 15) is 14.4 Å². The van der Waals surface area contributed by atoms with Crippen LogP contribution >= 0.6 is 0 Å². The Balaban J connectivity index is 2.40. The first kappa shape index (κ1) is 18.5. The fourth-order valence-corrected chi connectivity index (χ4v) is 2.56. The van der Waals surface area contributed by atoms with Gasteiger partial charge in [0, 0.05) is 19.7 Å². The number of hydrogen-bond donors (Lipinski definition) is 1. The number of carbonyl (C=O) groups is 3.